The first-order valence-corrected chi connectivity index (χ1v) is 7.24. The molecule has 0 saturated carbocycles. The topological polar surface area (TPSA) is 29.9 Å². The quantitative estimate of drug-likeness (QED) is 0.709. The molecule has 0 aliphatic carbocycles. The van der Waals surface area contributed by atoms with Crippen LogP contribution in [0.3, 0.4) is 0 Å². The van der Waals surface area contributed by atoms with Crippen LogP contribution < -0.4 is 5.32 Å². The second-order valence-electron chi connectivity index (χ2n) is 3.82. The summed E-state index contributed by atoms with van der Waals surface area (Å²) < 4.78 is 2.32. The molecule has 16 heavy (non-hydrogen) atoms. The number of rotatable bonds is 8. The predicted octanol–water partition coefficient (Wildman–Crippen LogP) is 2.44. The first-order chi connectivity index (χ1) is 7.79. The Labute approximate surface area is 103 Å². The van der Waals surface area contributed by atoms with E-state index in [1.165, 1.54) is 23.6 Å². The summed E-state index contributed by atoms with van der Waals surface area (Å²) in [5.41, 5.74) is 1.31. The first kappa shape index (κ1) is 13.6. The molecule has 92 valence electrons. The fraction of sp³-hybridized carbons (Fsp3) is 0.750. The Kier molecular flexibility index (Phi) is 6.57. The van der Waals surface area contributed by atoms with E-state index < -0.39 is 0 Å². The lowest BCUT2D eigenvalue weighted by Crippen LogP contribution is -2.18. The highest BCUT2D eigenvalue weighted by Gasteiger charge is 2.05. The van der Waals surface area contributed by atoms with Crippen molar-refractivity contribution >= 4 is 11.8 Å². The summed E-state index contributed by atoms with van der Waals surface area (Å²) in [5.74, 6) is 3.50. The molecule has 4 heteroatoms. The van der Waals surface area contributed by atoms with Gasteiger partial charge >= 0.3 is 0 Å². The third-order valence-corrected chi connectivity index (χ3v) is 3.41. The summed E-state index contributed by atoms with van der Waals surface area (Å²) in [6, 6.07) is 0. The zero-order valence-electron chi connectivity index (χ0n) is 10.6. The maximum Gasteiger partial charge on any atom is 0.105 e. The molecule has 0 amide bonds. The Morgan fingerprint density at radius 2 is 2.25 bits per heavy atom. The molecule has 0 saturated heterocycles. The van der Waals surface area contributed by atoms with Gasteiger partial charge in [-0.25, -0.2) is 4.98 Å². The number of imidazole rings is 1. The van der Waals surface area contributed by atoms with Gasteiger partial charge in [-0.15, -0.1) is 0 Å². The van der Waals surface area contributed by atoms with Crippen LogP contribution in [0.4, 0.5) is 0 Å². The molecule has 0 radical (unpaired) electrons. The van der Waals surface area contributed by atoms with Gasteiger partial charge in [0.2, 0.25) is 0 Å². The van der Waals surface area contributed by atoms with E-state index in [9.17, 15) is 0 Å². The van der Waals surface area contributed by atoms with E-state index in [1.54, 1.807) is 0 Å². The Morgan fingerprint density at radius 3 is 2.94 bits per heavy atom. The van der Waals surface area contributed by atoms with Gasteiger partial charge < -0.3 is 9.88 Å². The van der Waals surface area contributed by atoms with E-state index in [0.717, 1.165) is 25.5 Å². The first-order valence-electron chi connectivity index (χ1n) is 6.09. The summed E-state index contributed by atoms with van der Waals surface area (Å²) in [5, 5.41) is 3.43. The second-order valence-corrected chi connectivity index (χ2v) is 5.22. The fourth-order valence-electron chi connectivity index (χ4n) is 1.66. The molecule has 1 aromatic rings. The summed E-state index contributed by atoms with van der Waals surface area (Å²) in [6.45, 7) is 9.56. The second kappa shape index (κ2) is 7.74. The zero-order valence-corrected chi connectivity index (χ0v) is 11.4. The van der Waals surface area contributed by atoms with Crippen LogP contribution in [0.2, 0.25) is 0 Å². The molecular formula is C12H23N3S. The van der Waals surface area contributed by atoms with Gasteiger partial charge in [0.1, 0.15) is 5.82 Å². The summed E-state index contributed by atoms with van der Waals surface area (Å²) in [7, 11) is 0. The molecule has 0 fully saturated rings. The molecule has 0 aliphatic heterocycles. The lowest BCUT2D eigenvalue weighted by atomic mass is 10.4. The largest absolute Gasteiger partial charge is 0.330 e. The number of thioether (sulfide) groups is 1. The van der Waals surface area contributed by atoms with Gasteiger partial charge in [0.05, 0.1) is 5.69 Å². The minimum atomic E-state index is 0.936. The molecule has 1 heterocycles. The summed E-state index contributed by atoms with van der Waals surface area (Å²) >= 11 is 1.98. The van der Waals surface area contributed by atoms with Gasteiger partial charge in [-0.3, -0.25) is 0 Å². The van der Waals surface area contributed by atoms with Crippen molar-refractivity contribution in [2.75, 3.05) is 18.1 Å². The molecule has 1 N–H and O–H groups in total. The highest BCUT2D eigenvalue weighted by molar-refractivity contribution is 7.99. The van der Waals surface area contributed by atoms with Crippen LogP contribution in [-0.4, -0.2) is 27.6 Å². The minimum Gasteiger partial charge on any atom is -0.330 e. The molecule has 0 aromatic carbocycles. The van der Waals surface area contributed by atoms with Crippen LogP contribution >= 0.6 is 11.8 Å². The third-order valence-electron chi connectivity index (χ3n) is 2.53. The number of nitrogens with zero attached hydrogens (tertiary/aromatic N) is 2. The van der Waals surface area contributed by atoms with Crippen molar-refractivity contribution in [2.45, 2.75) is 40.3 Å². The van der Waals surface area contributed by atoms with Crippen LogP contribution in [0.1, 0.15) is 31.8 Å². The fourth-order valence-corrected chi connectivity index (χ4v) is 2.26. The minimum absolute atomic E-state index is 0.936. The van der Waals surface area contributed by atoms with Crippen molar-refractivity contribution in [3.8, 4) is 0 Å². The van der Waals surface area contributed by atoms with Crippen molar-refractivity contribution in [3.63, 3.8) is 0 Å². The van der Waals surface area contributed by atoms with Crippen molar-refractivity contribution in [2.24, 2.45) is 0 Å². The van der Waals surface area contributed by atoms with Gasteiger partial charge in [0.25, 0.3) is 0 Å². The molecule has 1 aromatic heterocycles. The Morgan fingerprint density at radius 1 is 1.44 bits per heavy atom. The van der Waals surface area contributed by atoms with Gasteiger partial charge in [-0.2, -0.15) is 11.8 Å². The Hall–Kier alpha value is -0.480. The predicted molar refractivity (Wildman–Crippen MR) is 72.0 cm³/mol. The van der Waals surface area contributed by atoms with E-state index >= 15 is 0 Å². The SMILES string of the molecule is CCCNCc1cnc(C)n1CCSCC. The van der Waals surface area contributed by atoms with Gasteiger partial charge in [-0.1, -0.05) is 13.8 Å². The number of nitrogens with one attached hydrogen (secondary N) is 1. The number of hydrogen-bond acceptors (Lipinski definition) is 3. The smallest absolute Gasteiger partial charge is 0.105 e. The molecule has 0 spiro atoms. The maximum atomic E-state index is 4.39. The van der Waals surface area contributed by atoms with Gasteiger partial charge in [-0.05, 0) is 25.6 Å². The highest BCUT2D eigenvalue weighted by atomic mass is 32.2. The molecule has 0 aliphatic rings. The van der Waals surface area contributed by atoms with Crippen molar-refractivity contribution in [1.82, 2.24) is 14.9 Å². The van der Waals surface area contributed by atoms with Crippen LogP contribution in [0.5, 0.6) is 0 Å². The average molecular weight is 241 g/mol. The Balaban J connectivity index is 2.48. The van der Waals surface area contributed by atoms with Crippen molar-refractivity contribution in [3.05, 3.63) is 17.7 Å². The molecule has 0 unspecified atom stereocenters. The van der Waals surface area contributed by atoms with Gasteiger partial charge in [0, 0.05) is 25.0 Å². The van der Waals surface area contributed by atoms with Gasteiger partial charge in [0.15, 0.2) is 0 Å². The summed E-state index contributed by atoms with van der Waals surface area (Å²) in [6.07, 6.45) is 3.17. The van der Waals surface area contributed by atoms with E-state index in [2.05, 4.69) is 35.6 Å². The average Bonchev–Trinajstić information content (AvgIpc) is 2.62. The number of aryl methyl sites for hydroxylation is 1. The van der Waals surface area contributed by atoms with E-state index in [1.807, 2.05) is 18.0 Å². The van der Waals surface area contributed by atoms with E-state index in [0.29, 0.717) is 0 Å². The van der Waals surface area contributed by atoms with Crippen molar-refractivity contribution in [1.29, 1.82) is 0 Å². The molecular weight excluding hydrogens is 218 g/mol. The Bertz CT molecular complexity index is 296. The number of aromatic nitrogens is 2. The maximum absolute atomic E-state index is 4.39. The zero-order chi connectivity index (χ0) is 11.8. The normalized spacial score (nSPS) is 10.9. The van der Waals surface area contributed by atoms with Crippen LogP contribution in [-0.2, 0) is 13.1 Å². The molecule has 0 atom stereocenters. The summed E-state index contributed by atoms with van der Waals surface area (Å²) in [4.78, 5) is 4.39. The lowest BCUT2D eigenvalue weighted by molar-refractivity contribution is 0.617. The standard InChI is InChI=1S/C12H23N3S/c1-4-6-13-9-12-10-14-11(3)15(12)7-8-16-5-2/h10,13H,4-9H2,1-3H3. The third kappa shape index (κ3) is 4.18. The lowest BCUT2D eigenvalue weighted by Gasteiger charge is -2.10. The number of hydrogen-bond donors (Lipinski definition) is 1. The van der Waals surface area contributed by atoms with Crippen LogP contribution in [0.15, 0.2) is 6.20 Å². The van der Waals surface area contributed by atoms with E-state index in [-0.39, 0.29) is 0 Å². The monoisotopic (exact) mass is 241 g/mol. The van der Waals surface area contributed by atoms with E-state index in [4.69, 9.17) is 0 Å². The highest BCUT2D eigenvalue weighted by Crippen LogP contribution is 2.07. The molecule has 0 bridgehead atoms. The molecule has 1 rings (SSSR count). The van der Waals surface area contributed by atoms with Crippen LogP contribution in [0.25, 0.3) is 0 Å². The van der Waals surface area contributed by atoms with Crippen molar-refractivity contribution < 1.29 is 0 Å². The van der Waals surface area contributed by atoms with Crippen LogP contribution in [0, 0.1) is 6.92 Å². The molecule has 3 nitrogen and oxygen atoms in total.